The molecule has 2 fully saturated rings. The molecule has 1 unspecified atom stereocenters. The Balaban J connectivity index is 1.85. The predicted molar refractivity (Wildman–Crippen MR) is 73.7 cm³/mol. The normalized spacial score (nSPS) is 24.5. The highest BCUT2D eigenvalue weighted by Gasteiger charge is 2.29. The summed E-state index contributed by atoms with van der Waals surface area (Å²) in [6.45, 7) is 6.74. The molecule has 5 nitrogen and oxygen atoms in total. The summed E-state index contributed by atoms with van der Waals surface area (Å²) in [6, 6.07) is 0.557. The zero-order valence-electron chi connectivity index (χ0n) is 11.9. The van der Waals surface area contributed by atoms with E-state index in [1.54, 1.807) is 0 Å². The Bertz CT molecular complexity index is 311. The highest BCUT2D eigenvalue weighted by atomic mass is 16.2. The topological polar surface area (TPSA) is 52.7 Å². The molecule has 2 aliphatic rings. The van der Waals surface area contributed by atoms with E-state index in [-0.39, 0.29) is 11.8 Å². The Hall–Kier alpha value is -0.940. The van der Waals surface area contributed by atoms with Gasteiger partial charge in [0.1, 0.15) is 0 Å². The van der Waals surface area contributed by atoms with Crippen LogP contribution in [0.1, 0.15) is 39.0 Å². The maximum absolute atomic E-state index is 11.6. The van der Waals surface area contributed by atoms with Crippen LogP contribution in [-0.2, 0) is 9.59 Å². The van der Waals surface area contributed by atoms with Gasteiger partial charge in [0.15, 0.2) is 0 Å². The molecule has 2 aliphatic heterocycles. The molecule has 108 valence electrons. The first kappa shape index (κ1) is 14.5. The van der Waals surface area contributed by atoms with E-state index >= 15 is 0 Å². The van der Waals surface area contributed by atoms with E-state index in [0.29, 0.717) is 25.4 Å². The van der Waals surface area contributed by atoms with Crippen molar-refractivity contribution in [2.24, 2.45) is 0 Å². The minimum atomic E-state index is 0.00298. The van der Waals surface area contributed by atoms with E-state index < -0.39 is 0 Å². The van der Waals surface area contributed by atoms with Gasteiger partial charge in [0.05, 0.1) is 0 Å². The van der Waals surface area contributed by atoms with E-state index in [1.807, 2.05) is 0 Å². The van der Waals surface area contributed by atoms with Crippen molar-refractivity contribution in [2.75, 3.05) is 32.7 Å². The molecule has 1 N–H and O–H groups in total. The molecule has 2 heterocycles. The van der Waals surface area contributed by atoms with Gasteiger partial charge in [0, 0.05) is 38.5 Å². The van der Waals surface area contributed by atoms with Gasteiger partial charge in [0.25, 0.3) is 0 Å². The lowest BCUT2D eigenvalue weighted by Gasteiger charge is -2.35. The molecule has 0 aromatic heterocycles. The highest BCUT2D eigenvalue weighted by molar-refractivity contribution is 6.01. The number of amides is 2. The van der Waals surface area contributed by atoms with Gasteiger partial charge in [-0.15, -0.1) is 0 Å². The average molecular weight is 267 g/mol. The summed E-state index contributed by atoms with van der Waals surface area (Å²) < 4.78 is 0. The van der Waals surface area contributed by atoms with Crippen LogP contribution < -0.4 is 5.32 Å². The Morgan fingerprint density at radius 3 is 2.58 bits per heavy atom. The van der Waals surface area contributed by atoms with Crippen molar-refractivity contribution in [3.8, 4) is 0 Å². The van der Waals surface area contributed by atoms with Crippen molar-refractivity contribution in [3.05, 3.63) is 0 Å². The third-order valence-corrected chi connectivity index (χ3v) is 4.06. The molecular weight excluding hydrogens is 242 g/mol. The van der Waals surface area contributed by atoms with Gasteiger partial charge in [-0.3, -0.25) is 19.4 Å². The standard InChI is InChI=1S/C14H25N3O2/c1-2-8-16(12-4-3-7-15-11-12)9-10-17-13(18)5-6-14(17)19/h12,15H,2-11H2,1H3. The molecular formula is C14H25N3O2. The van der Waals surface area contributed by atoms with Crippen molar-refractivity contribution in [1.82, 2.24) is 15.1 Å². The fourth-order valence-electron chi connectivity index (χ4n) is 3.01. The average Bonchev–Trinajstić information content (AvgIpc) is 2.75. The molecule has 0 radical (unpaired) electrons. The molecule has 0 aliphatic carbocycles. The maximum Gasteiger partial charge on any atom is 0.229 e. The molecule has 0 saturated carbocycles. The zero-order valence-corrected chi connectivity index (χ0v) is 11.9. The zero-order chi connectivity index (χ0) is 13.7. The largest absolute Gasteiger partial charge is 0.315 e. The number of likely N-dealkylation sites (tertiary alicyclic amines) is 1. The first-order chi connectivity index (χ1) is 9.22. The highest BCUT2D eigenvalue weighted by Crippen LogP contribution is 2.14. The van der Waals surface area contributed by atoms with Crippen LogP contribution in [-0.4, -0.2) is 60.4 Å². The van der Waals surface area contributed by atoms with E-state index in [4.69, 9.17) is 0 Å². The molecule has 0 bridgehead atoms. The minimum absolute atomic E-state index is 0.00298. The summed E-state index contributed by atoms with van der Waals surface area (Å²) in [6.07, 6.45) is 4.34. The van der Waals surface area contributed by atoms with Crippen LogP contribution >= 0.6 is 0 Å². The lowest BCUT2D eigenvalue weighted by Crippen LogP contribution is -2.49. The number of rotatable bonds is 6. The molecule has 19 heavy (non-hydrogen) atoms. The van der Waals surface area contributed by atoms with Gasteiger partial charge >= 0.3 is 0 Å². The van der Waals surface area contributed by atoms with Crippen molar-refractivity contribution in [1.29, 1.82) is 0 Å². The minimum Gasteiger partial charge on any atom is -0.315 e. The van der Waals surface area contributed by atoms with Crippen LogP contribution in [0.4, 0.5) is 0 Å². The van der Waals surface area contributed by atoms with Crippen LogP contribution in [0.3, 0.4) is 0 Å². The van der Waals surface area contributed by atoms with Crippen LogP contribution in [0.15, 0.2) is 0 Å². The van der Waals surface area contributed by atoms with Crippen LogP contribution in [0.2, 0.25) is 0 Å². The molecule has 0 spiro atoms. The Morgan fingerprint density at radius 1 is 1.26 bits per heavy atom. The number of imide groups is 1. The molecule has 0 aromatic carbocycles. The van der Waals surface area contributed by atoms with Crippen molar-refractivity contribution < 1.29 is 9.59 Å². The molecule has 0 aromatic rings. The Morgan fingerprint density at radius 2 is 2.00 bits per heavy atom. The Labute approximate surface area is 115 Å². The van der Waals surface area contributed by atoms with Gasteiger partial charge in [-0.05, 0) is 32.4 Å². The first-order valence-corrected chi connectivity index (χ1v) is 7.50. The van der Waals surface area contributed by atoms with E-state index in [1.165, 1.54) is 17.7 Å². The number of hydrogen-bond donors (Lipinski definition) is 1. The molecule has 2 saturated heterocycles. The quantitative estimate of drug-likeness (QED) is 0.716. The van der Waals surface area contributed by atoms with Crippen LogP contribution in [0, 0.1) is 0 Å². The SMILES string of the molecule is CCCN(CCN1C(=O)CCC1=O)C1CCCNC1. The monoisotopic (exact) mass is 267 g/mol. The third-order valence-electron chi connectivity index (χ3n) is 4.06. The van der Waals surface area contributed by atoms with E-state index in [9.17, 15) is 9.59 Å². The lowest BCUT2D eigenvalue weighted by atomic mass is 10.1. The fourth-order valence-corrected chi connectivity index (χ4v) is 3.01. The summed E-state index contributed by atoms with van der Waals surface area (Å²) >= 11 is 0. The second-order valence-electron chi connectivity index (χ2n) is 5.48. The van der Waals surface area contributed by atoms with Crippen molar-refractivity contribution >= 4 is 11.8 Å². The Kier molecular flexibility index (Phi) is 5.34. The summed E-state index contributed by atoms with van der Waals surface area (Å²) in [5.74, 6) is 0.00596. The summed E-state index contributed by atoms with van der Waals surface area (Å²) in [7, 11) is 0. The number of nitrogens with one attached hydrogen (secondary N) is 1. The number of nitrogens with zero attached hydrogens (tertiary/aromatic N) is 2. The number of piperidine rings is 1. The number of hydrogen-bond acceptors (Lipinski definition) is 4. The fraction of sp³-hybridized carbons (Fsp3) is 0.857. The van der Waals surface area contributed by atoms with Gasteiger partial charge in [0.2, 0.25) is 11.8 Å². The molecule has 1 atom stereocenters. The number of carbonyl (C=O) groups is 2. The van der Waals surface area contributed by atoms with Crippen LogP contribution in [0.5, 0.6) is 0 Å². The predicted octanol–water partition coefficient (Wildman–Crippen LogP) is 0.599. The van der Waals surface area contributed by atoms with E-state index in [0.717, 1.165) is 32.6 Å². The smallest absolute Gasteiger partial charge is 0.229 e. The van der Waals surface area contributed by atoms with Gasteiger partial charge in [-0.25, -0.2) is 0 Å². The summed E-state index contributed by atoms with van der Waals surface area (Å²) in [4.78, 5) is 27.1. The number of carbonyl (C=O) groups excluding carboxylic acids is 2. The third kappa shape index (κ3) is 3.76. The maximum atomic E-state index is 11.6. The van der Waals surface area contributed by atoms with Gasteiger partial charge in [-0.1, -0.05) is 6.92 Å². The van der Waals surface area contributed by atoms with Gasteiger partial charge in [-0.2, -0.15) is 0 Å². The summed E-state index contributed by atoms with van der Waals surface area (Å²) in [5, 5.41) is 3.43. The van der Waals surface area contributed by atoms with Crippen LogP contribution in [0.25, 0.3) is 0 Å². The second kappa shape index (κ2) is 7.01. The summed E-state index contributed by atoms with van der Waals surface area (Å²) in [5.41, 5.74) is 0. The van der Waals surface area contributed by atoms with E-state index in [2.05, 4.69) is 17.1 Å². The van der Waals surface area contributed by atoms with Gasteiger partial charge < -0.3 is 5.32 Å². The van der Waals surface area contributed by atoms with Crippen molar-refractivity contribution in [2.45, 2.75) is 45.1 Å². The van der Waals surface area contributed by atoms with Crippen molar-refractivity contribution in [3.63, 3.8) is 0 Å². The molecule has 5 heteroatoms. The first-order valence-electron chi connectivity index (χ1n) is 7.50. The molecule has 2 rings (SSSR count). The molecule has 2 amide bonds. The second-order valence-corrected chi connectivity index (χ2v) is 5.48. The lowest BCUT2D eigenvalue weighted by molar-refractivity contribution is -0.138.